The molecule has 1 atom stereocenters. The van der Waals surface area contributed by atoms with Crippen molar-refractivity contribution in [2.24, 2.45) is 0 Å². The van der Waals surface area contributed by atoms with Gasteiger partial charge in [0.1, 0.15) is 0 Å². The van der Waals surface area contributed by atoms with E-state index in [2.05, 4.69) is 55.5 Å². The van der Waals surface area contributed by atoms with Gasteiger partial charge >= 0.3 is 0 Å². The highest BCUT2D eigenvalue weighted by molar-refractivity contribution is 5.26. The van der Waals surface area contributed by atoms with E-state index in [1.54, 1.807) is 7.11 Å². The Labute approximate surface area is 111 Å². The molecule has 0 heterocycles. The van der Waals surface area contributed by atoms with Gasteiger partial charge in [0.15, 0.2) is 0 Å². The van der Waals surface area contributed by atoms with E-state index in [9.17, 15) is 0 Å². The van der Waals surface area contributed by atoms with Crippen LogP contribution in [-0.2, 0) is 17.8 Å². The zero-order chi connectivity index (χ0) is 13.4. The summed E-state index contributed by atoms with van der Waals surface area (Å²) in [5.41, 5.74) is 2.78. The van der Waals surface area contributed by atoms with Crippen LogP contribution in [0.4, 0.5) is 0 Å². The number of methoxy groups -OCH3 is 1. The third kappa shape index (κ3) is 5.63. The lowest BCUT2D eigenvalue weighted by Crippen LogP contribution is -2.27. The van der Waals surface area contributed by atoms with Crippen molar-refractivity contribution in [2.45, 2.75) is 32.5 Å². The van der Waals surface area contributed by atoms with Crippen molar-refractivity contribution in [3.8, 4) is 0 Å². The molecule has 0 bridgehead atoms. The Bertz CT molecular complexity index is 339. The van der Waals surface area contributed by atoms with E-state index in [0.717, 1.165) is 26.1 Å². The standard InChI is InChI=1S/C15H26N2O/c1-13(9-10-18-4)16-11-14-7-5-6-8-15(14)12-17(2)3/h5-8,13,16H,9-12H2,1-4H3. The number of hydrogen-bond donors (Lipinski definition) is 1. The van der Waals surface area contributed by atoms with Gasteiger partial charge in [0.05, 0.1) is 0 Å². The molecule has 0 saturated heterocycles. The maximum Gasteiger partial charge on any atom is 0.0476 e. The van der Waals surface area contributed by atoms with Crippen LogP contribution in [0, 0.1) is 0 Å². The Morgan fingerprint density at radius 1 is 1.22 bits per heavy atom. The van der Waals surface area contributed by atoms with E-state index in [1.165, 1.54) is 11.1 Å². The molecule has 1 unspecified atom stereocenters. The number of rotatable bonds is 8. The molecular formula is C15H26N2O. The number of hydrogen-bond acceptors (Lipinski definition) is 3. The van der Waals surface area contributed by atoms with Crippen LogP contribution < -0.4 is 5.32 Å². The monoisotopic (exact) mass is 250 g/mol. The summed E-state index contributed by atoms with van der Waals surface area (Å²) < 4.78 is 5.09. The van der Waals surface area contributed by atoms with Gasteiger partial charge in [0.2, 0.25) is 0 Å². The summed E-state index contributed by atoms with van der Waals surface area (Å²) in [6.45, 7) is 4.93. The van der Waals surface area contributed by atoms with Crippen LogP contribution in [0.2, 0.25) is 0 Å². The molecule has 18 heavy (non-hydrogen) atoms. The fraction of sp³-hybridized carbons (Fsp3) is 0.600. The third-order valence-electron chi connectivity index (χ3n) is 3.00. The topological polar surface area (TPSA) is 24.5 Å². The lowest BCUT2D eigenvalue weighted by molar-refractivity contribution is 0.184. The molecule has 1 aromatic carbocycles. The molecule has 0 saturated carbocycles. The molecule has 102 valence electrons. The summed E-state index contributed by atoms with van der Waals surface area (Å²) in [7, 11) is 5.95. The fourth-order valence-corrected chi connectivity index (χ4v) is 1.91. The van der Waals surface area contributed by atoms with E-state index < -0.39 is 0 Å². The van der Waals surface area contributed by atoms with E-state index in [-0.39, 0.29) is 0 Å². The minimum absolute atomic E-state index is 0.484. The first kappa shape index (κ1) is 15.2. The molecule has 0 aliphatic carbocycles. The fourth-order valence-electron chi connectivity index (χ4n) is 1.91. The van der Waals surface area contributed by atoms with Crippen LogP contribution in [0.25, 0.3) is 0 Å². The van der Waals surface area contributed by atoms with Crippen LogP contribution in [0.3, 0.4) is 0 Å². The Morgan fingerprint density at radius 2 is 1.89 bits per heavy atom. The average Bonchev–Trinajstić information content (AvgIpc) is 2.34. The summed E-state index contributed by atoms with van der Waals surface area (Å²) in [5.74, 6) is 0. The van der Waals surface area contributed by atoms with Crippen molar-refractivity contribution in [2.75, 3.05) is 27.8 Å². The second kappa shape index (κ2) is 8.25. The predicted molar refractivity (Wildman–Crippen MR) is 76.6 cm³/mol. The van der Waals surface area contributed by atoms with Gasteiger partial charge in [-0.2, -0.15) is 0 Å². The van der Waals surface area contributed by atoms with Crippen molar-refractivity contribution in [3.63, 3.8) is 0 Å². The molecule has 0 fully saturated rings. The first-order valence-corrected chi connectivity index (χ1v) is 6.57. The first-order valence-electron chi connectivity index (χ1n) is 6.57. The minimum atomic E-state index is 0.484. The van der Waals surface area contributed by atoms with Gasteiger partial charge in [0, 0.05) is 32.8 Å². The third-order valence-corrected chi connectivity index (χ3v) is 3.00. The van der Waals surface area contributed by atoms with Gasteiger partial charge in [-0.15, -0.1) is 0 Å². The smallest absolute Gasteiger partial charge is 0.0476 e. The summed E-state index contributed by atoms with van der Waals surface area (Å²) in [5, 5.41) is 3.55. The normalized spacial score (nSPS) is 12.9. The van der Waals surface area contributed by atoms with Crippen molar-refractivity contribution < 1.29 is 4.74 Å². The Hall–Kier alpha value is -0.900. The van der Waals surface area contributed by atoms with Gasteiger partial charge in [-0.05, 0) is 38.6 Å². The van der Waals surface area contributed by atoms with Gasteiger partial charge in [-0.1, -0.05) is 24.3 Å². The number of benzene rings is 1. The molecule has 3 nitrogen and oxygen atoms in total. The van der Waals surface area contributed by atoms with Crippen molar-refractivity contribution in [1.29, 1.82) is 0 Å². The SMILES string of the molecule is COCCC(C)NCc1ccccc1CN(C)C. The van der Waals surface area contributed by atoms with Gasteiger partial charge < -0.3 is 15.0 Å². The van der Waals surface area contributed by atoms with E-state index in [0.29, 0.717) is 6.04 Å². The van der Waals surface area contributed by atoms with Crippen molar-refractivity contribution in [1.82, 2.24) is 10.2 Å². The molecule has 1 N–H and O–H groups in total. The summed E-state index contributed by atoms with van der Waals surface area (Å²) in [6, 6.07) is 9.11. The van der Waals surface area contributed by atoms with E-state index in [1.807, 2.05) is 0 Å². The summed E-state index contributed by atoms with van der Waals surface area (Å²) >= 11 is 0. The Morgan fingerprint density at radius 3 is 2.50 bits per heavy atom. The molecule has 0 aliphatic rings. The second-order valence-electron chi connectivity index (χ2n) is 5.07. The summed E-state index contributed by atoms with van der Waals surface area (Å²) in [4.78, 5) is 2.20. The zero-order valence-electron chi connectivity index (χ0n) is 12.1. The zero-order valence-corrected chi connectivity index (χ0v) is 12.1. The lowest BCUT2D eigenvalue weighted by Gasteiger charge is -2.17. The number of nitrogens with one attached hydrogen (secondary N) is 1. The molecule has 0 radical (unpaired) electrons. The predicted octanol–water partition coefficient (Wildman–Crippen LogP) is 2.26. The van der Waals surface area contributed by atoms with Crippen LogP contribution in [0.1, 0.15) is 24.5 Å². The molecule has 1 rings (SSSR count). The van der Waals surface area contributed by atoms with Crippen LogP contribution >= 0.6 is 0 Å². The van der Waals surface area contributed by atoms with E-state index >= 15 is 0 Å². The molecule has 0 aliphatic heterocycles. The van der Waals surface area contributed by atoms with Crippen LogP contribution in [-0.4, -0.2) is 38.8 Å². The second-order valence-corrected chi connectivity index (χ2v) is 5.07. The Kier molecular flexibility index (Phi) is 6.94. The maximum atomic E-state index is 5.09. The van der Waals surface area contributed by atoms with Gasteiger partial charge in [0.25, 0.3) is 0 Å². The molecule has 0 spiro atoms. The Balaban J connectivity index is 2.50. The van der Waals surface area contributed by atoms with Crippen molar-refractivity contribution >= 4 is 0 Å². The van der Waals surface area contributed by atoms with Gasteiger partial charge in [-0.3, -0.25) is 0 Å². The lowest BCUT2D eigenvalue weighted by atomic mass is 10.1. The minimum Gasteiger partial charge on any atom is -0.385 e. The molecule has 3 heteroatoms. The summed E-state index contributed by atoms with van der Waals surface area (Å²) in [6.07, 6.45) is 1.05. The molecule has 1 aromatic rings. The number of nitrogens with zero attached hydrogens (tertiary/aromatic N) is 1. The maximum absolute atomic E-state index is 5.09. The largest absolute Gasteiger partial charge is 0.385 e. The first-order chi connectivity index (χ1) is 8.63. The molecule has 0 aromatic heterocycles. The van der Waals surface area contributed by atoms with Crippen LogP contribution in [0.5, 0.6) is 0 Å². The molecule has 0 amide bonds. The van der Waals surface area contributed by atoms with E-state index in [4.69, 9.17) is 4.74 Å². The van der Waals surface area contributed by atoms with Crippen LogP contribution in [0.15, 0.2) is 24.3 Å². The highest BCUT2D eigenvalue weighted by atomic mass is 16.5. The van der Waals surface area contributed by atoms with Crippen molar-refractivity contribution in [3.05, 3.63) is 35.4 Å². The van der Waals surface area contributed by atoms with Gasteiger partial charge in [-0.25, -0.2) is 0 Å². The molecular weight excluding hydrogens is 224 g/mol. The quantitative estimate of drug-likeness (QED) is 0.766. The highest BCUT2D eigenvalue weighted by Crippen LogP contribution is 2.10. The average molecular weight is 250 g/mol. The number of ether oxygens (including phenoxy) is 1. The highest BCUT2D eigenvalue weighted by Gasteiger charge is 2.05.